The summed E-state index contributed by atoms with van der Waals surface area (Å²) >= 11 is 0. The van der Waals surface area contributed by atoms with Gasteiger partial charge in [0.15, 0.2) is 11.3 Å². The second-order valence-corrected chi connectivity index (χ2v) is 4.87. The van der Waals surface area contributed by atoms with Crippen molar-refractivity contribution < 1.29 is 13.6 Å². The van der Waals surface area contributed by atoms with Crippen molar-refractivity contribution in [1.29, 1.82) is 0 Å². The molecule has 0 unspecified atom stereocenters. The Hall–Kier alpha value is -3.41. The van der Waals surface area contributed by atoms with Crippen LogP contribution in [0.2, 0.25) is 0 Å². The van der Waals surface area contributed by atoms with Crippen molar-refractivity contribution in [3.05, 3.63) is 66.9 Å². The summed E-state index contributed by atoms with van der Waals surface area (Å²) in [5.74, 6) is 0.416. The first-order valence-corrected chi connectivity index (χ1v) is 6.95. The molecule has 112 valence electrons. The van der Waals surface area contributed by atoms with Crippen LogP contribution in [0.3, 0.4) is 0 Å². The molecule has 3 aromatic heterocycles. The van der Waals surface area contributed by atoms with Gasteiger partial charge in [0.25, 0.3) is 5.91 Å². The quantitative estimate of drug-likeness (QED) is 0.623. The van der Waals surface area contributed by atoms with E-state index in [4.69, 9.17) is 8.83 Å². The highest BCUT2D eigenvalue weighted by Gasteiger charge is 2.11. The van der Waals surface area contributed by atoms with E-state index in [1.165, 1.54) is 6.26 Å². The second-order valence-electron chi connectivity index (χ2n) is 4.87. The van der Waals surface area contributed by atoms with E-state index in [-0.39, 0.29) is 11.7 Å². The van der Waals surface area contributed by atoms with Gasteiger partial charge in [-0.25, -0.2) is 4.98 Å². The van der Waals surface area contributed by atoms with Gasteiger partial charge in [-0.05, 0) is 30.3 Å². The number of hydrogen-bond acceptors (Lipinski definition) is 5. The molecule has 4 rings (SSSR count). The largest absolute Gasteiger partial charge is 0.459 e. The zero-order chi connectivity index (χ0) is 15.6. The number of carbonyl (C=O) groups excluding carboxylic acids is 1. The van der Waals surface area contributed by atoms with Gasteiger partial charge in [-0.2, -0.15) is 0 Å². The Bertz CT molecular complexity index is 941. The predicted octanol–water partition coefficient (Wildman–Crippen LogP) is 3.74. The summed E-state index contributed by atoms with van der Waals surface area (Å²) in [4.78, 5) is 20.4. The molecule has 0 aliphatic heterocycles. The number of hydrogen-bond donors (Lipinski definition) is 1. The Kier molecular flexibility index (Phi) is 3.12. The lowest BCUT2D eigenvalue weighted by molar-refractivity contribution is 0.0996. The maximum Gasteiger partial charge on any atom is 0.291 e. The third-order valence-corrected chi connectivity index (χ3v) is 3.30. The minimum Gasteiger partial charge on any atom is -0.459 e. The average Bonchev–Trinajstić information content (AvgIpc) is 3.24. The standard InChI is InChI=1S/C17H11N3O3/c21-16(15-5-2-8-22-15)19-12-4-1-3-11(9-12)17-20-13-10-18-7-6-14(13)23-17/h1-10H,(H,19,21). The van der Waals surface area contributed by atoms with Crippen LogP contribution in [0.25, 0.3) is 22.6 Å². The van der Waals surface area contributed by atoms with Crippen LogP contribution >= 0.6 is 0 Å². The van der Waals surface area contributed by atoms with E-state index in [2.05, 4.69) is 15.3 Å². The Morgan fingerprint density at radius 1 is 1.13 bits per heavy atom. The molecule has 6 nitrogen and oxygen atoms in total. The van der Waals surface area contributed by atoms with E-state index in [0.717, 1.165) is 5.56 Å². The van der Waals surface area contributed by atoms with E-state index < -0.39 is 0 Å². The van der Waals surface area contributed by atoms with Crippen LogP contribution < -0.4 is 5.32 Å². The number of rotatable bonds is 3. The monoisotopic (exact) mass is 305 g/mol. The number of carbonyl (C=O) groups is 1. The van der Waals surface area contributed by atoms with Crippen LogP contribution in [0.5, 0.6) is 0 Å². The first kappa shape index (κ1) is 13.3. The Morgan fingerprint density at radius 3 is 2.91 bits per heavy atom. The van der Waals surface area contributed by atoms with Crippen molar-refractivity contribution in [2.24, 2.45) is 0 Å². The number of amides is 1. The number of anilines is 1. The summed E-state index contributed by atoms with van der Waals surface area (Å²) in [6, 6.07) is 12.3. The minimum absolute atomic E-state index is 0.253. The van der Waals surface area contributed by atoms with Gasteiger partial charge in [-0.15, -0.1) is 0 Å². The van der Waals surface area contributed by atoms with Gasteiger partial charge in [-0.3, -0.25) is 9.78 Å². The number of pyridine rings is 1. The van der Waals surface area contributed by atoms with Gasteiger partial charge >= 0.3 is 0 Å². The van der Waals surface area contributed by atoms with Crippen LogP contribution in [-0.4, -0.2) is 15.9 Å². The van der Waals surface area contributed by atoms with E-state index in [9.17, 15) is 4.79 Å². The van der Waals surface area contributed by atoms with Crippen molar-refractivity contribution >= 4 is 22.7 Å². The summed E-state index contributed by atoms with van der Waals surface area (Å²) < 4.78 is 10.8. The second kappa shape index (κ2) is 5.42. The topological polar surface area (TPSA) is 81.2 Å². The Morgan fingerprint density at radius 2 is 2.09 bits per heavy atom. The molecule has 0 saturated carbocycles. The molecule has 0 fully saturated rings. The Balaban J connectivity index is 1.64. The molecule has 0 aliphatic rings. The van der Waals surface area contributed by atoms with Gasteiger partial charge in [-0.1, -0.05) is 6.07 Å². The number of nitrogens with zero attached hydrogens (tertiary/aromatic N) is 2. The van der Waals surface area contributed by atoms with Crippen molar-refractivity contribution in [2.45, 2.75) is 0 Å². The van der Waals surface area contributed by atoms with Crippen LogP contribution in [0.4, 0.5) is 5.69 Å². The third-order valence-electron chi connectivity index (χ3n) is 3.30. The molecular weight excluding hydrogens is 294 g/mol. The van der Waals surface area contributed by atoms with Gasteiger partial charge in [0.05, 0.1) is 12.5 Å². The van der Waals surface area contributed by atoms with Crippen LogP contribution in [0.15, 0.2) is 70.0 Å². The molecular formula is C17H11N3O3. The van der Waals surface area contributed by atoms with Crippen molar-refractivity contribution in [3.63, 3.8) is 0 Å². The SMILES string of the molecule is O=C(Nc1cccc(-c2nc3cnccc3o2)c1)c1ccco1. The first-order chi connectivity index (χ1) is 11.3. The molecule has 0 spiro atoms. The first-order valence-electron chi connectivity index (χ1n) is 6.95. The fourth-order valence-corrected chi connectivity index (χ4v) is 2.23. The summed E-state index contributed by atoms with van der Waals surface area (Å²) in [6.07, 6.45) is 4.75. The minimum atomic E-state index is -0.311. The molecule has 4 aromatic rings. The molecule has 0 saturated heterocycles. The highest BCUT2D eigenvalue weighted by Crippen LogP contribution is 2.25. The lowest BCUT2D eigenvalue weighted by Gasteiger charge is -2.04. The molecule has 0 aliphatic carbocycles. The van der Waals surface area contributed by atoms with Crippen LogP contribution in [0, 0.1) is 0 Å². The number of fused-ring (bicyclic) bond motifs is 1. The van der Waals surface area contributed by atoms with Gasteiger partial charge in [0.2, 0.25) is 5.89 Å². The lowest BCUT2D eigenvalue weighted by atomic mass is 10.2. The summed E-state index contributed by atoms with van der Waals surface area (Å²) in [6.45, 7) is 0. The highest BCUT2D eigenvalue weighted by atomic mass is 16.3. The number of nitrogens with one attached hydrogen (secondary N) is 1. The van der Waals surface area contributed by atoms with Gasteiger partial charge in [0.1, 0.15) is 5.52 Å². The van der Waals surface area contributed by atoms with Gasteiger partial charge < -0.3 is 14.2 Å². The van der Waals surface area contributed by atoms with Crippen LogP contribution in [0.1, 0.15) is 10.6 Å². The molecule has 1 aromatic carbocycles. The maximum atomic E-state index is 12.0. The lowest BCUT2D eigenvalue weighted by Crippen LogP contribution is -2.10. The molecule has 6 heteroatoms. The maximum absolute atomic E-state index is 12.0. The molecule has 23 heavy (non-hydrogen) atoms. The number of aromatic nitrogens is 2. The van der Waals surface area contributed by atoms with Crippen molar-refractivity contribution in [2.75, 3.05) is 5.32 Å². The molecule has 1 amide bonds. The van der Waals surface area contributed by atoms with E-state index >= 15 is 0 Å². The Labute approximate surface area is 130 Å². The molecule has 3 heterocycles. The fourth-order valence-electron chi connectivity index (χ4n) is 2.23. The van der Waals surface area contributed by atoms with E-state index in [0.29, 0.717) is 22.7 Å². The number of benzene rings is 1. The molecule has 1 N–H and O–H groups in total. The molecule has 0 atom stereocenters. The fraction of sp³-hybridized carbons (Fsp3) is 0. The van der Waals surface area contributed by atoms with Gasteiger partial charge in [0, 0.05) is 23.5 Å². The highest BCUT2D eigenvalue weighted by molar-refractivity contribution is 6.02. The zero-order valence-corrected chi connectivity index (χ0v) is 11.9. The van der Waals surface area contributed by atoms with E-state index in [1.807, 2.05) is 12.1 Å². The summed E-state index contributed by atoms with van der Waals surface area (Å²) in [5.41, 5.74) is 2.75. The van der Waals surface area contributed by atoms with E-state index in [1.54, 1.807) is 42.7 Å². The van der Waals surface area contributed by atoms with Crippen molar-refractivity contribution in [1.82, 2.24) is 9.97 Å². The average molecular weight is 305 g/mol. The summed E-state index contributed by atoms with van der Waals surface area (Å²) in [5, 5.41) is 2.77. The summed E-state index contributed by atoms with van der Waals surface area (Å²) in [7, 11) is 0. The predicted molar refractivity (Wildman–Crippen MR) is 83.9 cm³/mol. The molecule has 0 radical (unpaired) electrons. The number of furan rings is 1. The van der Waals surface area contributed by atoms with Crippen molar-refractivity contribution in [3.8, 4) is 11.5 Å². The normalized spacial score (nSPS) is 10.8. The smallest absolute Gasteiger partial charge is 0.291 e. The third kappa shape index (κ3) is 2.57. The zero-order valence-electron chi connectivity index (χ0n) is 11.9. The molecule has 0 bridgehead atoms. The number of oxazole rings is 1. The van der Waals surface area contributed by atoms with Crippen LogP contribution in [-0.2, 0) is 0 Å².